The SMILES string of the molecule is O=S(=O)(c1cccc2cccnc12)N(CCc1ccccc1)Cc1ccccc1. The third kappa shape index (κ3) is 4.36. The summed E-state index contributed by atoms with van der Waals surface area (Å²) in [6.07, 6.45) is 2.28. The second kappa shape index (κ2) is 8.55. The van der Waals surface area contributed by atoms with Crippen LogP contribution in [0.15, 0.2) is 102 Å². The van der Waals surface area contributed by atoms with Gasteiger partial charge in [-0.3, -0.25) is 4.98 Å². The van der Waals surface area contributed by atoms with Crippen LogP contribution in [-0.4, -0.2) is 24.3 Å². The van der Waals surface area contributed by atoms with Gasteiger partial charge in [-0.25, -0.2) is 8.42 Å². The van der Waals surface area contributed by atoms with Gasteiger partial charge >= 0.3 is 0 Å². The highest BCUT2D eigenvalue weighted by Crippen LogP contribution is 2.25. The van der Waals surface area contributed by atoms with E-state index >= 15 is 0 Å². The van der Waals surface area contributed by atoms with Gasteiger partial charge in [0.25, 0.3) is 0 Å². The van der Waals surface area contributed by atoms with Gasteiger partial charge in [0.1, 0.15) is 4.90 Å². The lowest BCUT2D eigenvalue weighted by Gasteiger charge is -2.23. The summed E-state index contributed by atoms with van der Waals surface area (Å²) in [4.78, 5) is 4.60. The zero-order valence-corrected chi connectivity index (χ0v) is 16.8. The van der Waals surface area contributed by atoms with Crippen LogP contribution in [0, 0.1) is 0 Å². The zero-order valence-electron chi connectivity index (χ0n) is 16.0. The first-order chi connectivity index (χ1) is 14.1. The van der Waals surface area contributed by atoms with Crippen molar-refractivity contribution in [2.24, 2.45) is 0 Å². The summed E-state index contributed by atoms with van der Waals surface area (Å²) in [6.45, 7) is 0.712. The topological polar surface area (TPSA) is 50.3 Å². The molecule has 1 heterocycles. The van der Waals surface area contributed by atoms with E-state index in [0.717, 1.165) is 16.5 Å². The summed E-state index contributed by atoms with van der Waals surface area (Å²) >= 11 is 0. The molecule has 0 saturated carbocycles. The Morgan fingerprint density at radius 2 is 1.38 bits per heavy atom. The minimum atomic E-state index is -3.73. The van der Waals surface area contributed by atoms with Crippen LogP contribution >= 0.6 is 0 Å². The van der Waals surface area contributed by atoms with Crippen molar-refractivity contribution in [1.82, 2.24) is 9.29 Å². The van der Waals surface area contributed by atoms with Gasteiger partial charge < -0.3 is 0 Å². The summed E-state index contributed by atoms with van der Waals surface area (Å²) in [7, 11) is -3.73. The van der Waals surface area contributed by atoms with Crippen molar-refractivity contribution < 1.29 is 8.42 Å². The second-order valence-corrected chi connectivity index (χ2v) is 8.80. The number of nitrogens with zero attached hydrogens (tertiary/aromatic N) is 2. The summed E-state index contributed by atoms with van der Waals surface area (Å²) in [6, 6.07) is 28.6. The van der Waals surface area contributed by atoms with Crippen molar-refractivity contribution in [3.63, 3.8) is 0 Å². The molecular formula is C24H22N2O2S. The molecule has 3 aromatic carbocycles. The van der Waals surface area contributed by atoms with E-state index in [1.165, 1.54) is 0 Å². The van der Waals surface area contributed by atoms with Crippen LogP contribution in [0.5, 0.6) is 0 Å². The lowest BCUT2D eigenvalue weighted by Crippen LogP contribution is -2.32. The molecule has 0 spiro atoms. The first-order valence-corrected chi connectivity index (χ1v) is 11.0. The summed E-state index contributed by atoms with van der Waals surface area (Å²) in [5.74, 6) is 0. The van der Waals surface area contributed by atoms with E-state index in [0.29, 0.717) is 25.0 Å². The number of pyridine rings is 1. The molecule has 4 aromatic rings. The van der Waals surface area contributed by atoms with Crippen molar-refractivity contribution in [3.05, 3.63) is 108 Å². The third-order valence-electron chi connectivity index (χ3n) is 4.91. The maximum absolute atomic E-state index is 13.7. The Kier molecular flexibility index (Phi) is 5.69. The van der Waals surface area contributed by atoms with Crippen molar-refractivity contribution in [2.75, 3.05) is 6.54 Å². The van der Waals surface area contributed by atoms with Gasteiger partial charge in [-0.05, 0) is 29.7 Å². The third-order valence-corrected chi connectivity index (χ3v) is 6.78. The fourth-order valence-electron chi connectivity index (χ4n) is 3.39. The number of hydrogen-bond acceptors (Lipinski definition) is 3. The average Bonchev–Trinajstić information content (AvgIpc) is 2.77. The maximum atomic E-state index is 13.7. The molecule has 0 saturated heterocycles. The number of aromatic nitrogens is 1. The molecule has 1 aromatic heterocycles. The fraction of sp³-hybridized carbons (Fsp3) is 0.125. The van der Waals surface area contributed by atoms with E-state index in [9.17, 15) is 8.42 Å². The van der Waals surface area contributed by atoms with E-state index < -0.39 is 10.0 Å². The van der Waals surface area contributed by atoms with Crippen LogP contribution < -0.4 is 0 Å². The molecular weight excluding hydrogens is 380 g/mol. The molecule has 0 aliphatic rings. The number of benzene rings is 3. The summed E-state index contributed by atoms with van der Waals surface area (Å²) in [5.41, 5.74) is 2.57. The lowest BCUT2D eigenvalue weighted by atomic mass is 10.1. The smallest absolute Gasteiger partial charge is 0.245 e. The predicted octanol–water partition coefficient (Wildman–Crippen LogP) is 4.67. The first-order valence-electron chi connectivity index (χ1n) is 9.56. The summed E-state index contributed by atoms with van der Waals surface area (Å²) < 4.78 is 28.9. The highest BCUT2D eigenvalue weighted by atomic mass is 32.2. The average molecular weight is 403 g/mol. The minimum Gasteiger partial charge on any atom is -0.255 e. The van der Waals surface area contributed by atoms with Gasteiger partial charge in [-0.15, -0.1) is 0 Å². The van der Waals surface area contributed by atoms with E-state index in [-0.39, 0.29) is 4.90 Å². The van der Waals surface area contributed by atoms with E-state index in [2.05, 4.69) is 4.98 Å². The molecule has 0 unspecified atom stereocenters. The highest BCUT2D eigenvalue weighted by molar-refractivity contribution is 7.89. The quantitative estimate of drug-likeness (QED) is 0.451. The van der Waals surface area contributed by atoms with Crippen molar-refractivity contribution >= 4 is 20.9 Å². The van der Waals surface area contributed by atoms with Crippen LogP contribution in [0.4, 0.5) is 0 Å². The van der Waals surface area contributed by atoms with Crippen LogP contribution in [0.2, 0.25) is 0 Å². The molecule has 5 heteroatoms. The van der Waals surface area contributed by atoms with Crippen molar-refractivity contribution in [1.29, 1.82) is 0 Å². The minimum absolute atomic E-state index is 0.250. The van der Waals surface area contributed by atoms with E-state index in [1.807, 2.05) is 78.9 Å². The van der Waals surface area contributed by atoms with Crippen LogP contribution in [0.25, 0.3) is 10.9 Å². The second-order valence-electron chi connectivity index (χ2n) is 6.89. The molecule has 4 rings (SSSR count). The molecule has 0 atom stereocenters. The molecule has 146 valence electrons. The van der Waals surface area contributed by atoms with Crippen LogP contribution in [-0.2, 0) is 23.0 Å². The summed E-state index contributed by atoms with van der Waals surface area (Å²) in [5, 5.41) is 0.816. The van der Waals surface area contributed by atoms with Gasteiger partial charge in [0.15, 0.2) is 0 Å². The Balaban J connectivity index is 1.72. The molecule has 0 aliphatic carbocycles. The van der Waals surface area contributed by atoms with Crippen LogP contribution in [0.3, 0.4) is 0 Å². The molecule has 0 amide bonds. The number of fused-ring (bicyclic) bond motifs is 1. The van der Waals surface area contributed by atoms with E-state index in [4.69, 9.17) is 0 Å². The Bertz CT molecular complexity index is 1190. The molecule has 0 bridgehead atoms. The normalized spacial score (nSPS) is 11.8. The van der Waals surface area contributed by atoms with Crippen LogP contribution in [0.1, 0.15) is 11.1 Å². The zero-order chi connectivity index (χ0) is 20.1. The highest BCUT2D eigenvalue weighted by Gasteiger charge is 2.27. The molecule has 0 N–H and O–H groups in total. The number of para-hydroxylation sites is 1. The standard InChI is InChI=1S/C24H22N2O2S/c27-29(28,23-15-7-13-22-14-8-17-25-24(22)23)26(19-21-11-5-2-6-12-21)18-16-20-9-3-1-4-10-20/h1-15,17H,16,18-19H2. The molecule has 0 radical (unpaired) electrons. The maximum Gasteiger partial charge on any atom is 0.245 e. The van der Waals surface area contributed by atoms with Gasteiger partial charge in [0.05, 0.1) is 5.52 Å². The molecule has 0 fully saturated rings. The number of hydrogen-bond donors (Lipinski definition) is 0. The largest absolute Gasteiger partial charge is 0.255 e. The Hall–Kier alpha value is -3.02. The number of rotatable bonds is 7. The monoisotopic (exact) mass is 402 g/mol. The lowest BCUT2D eigenvalue weighted by molar-refractivity contribution is 0.410. The van der Waals surface area contributed by atoms with Gasteiger partial charge in [-0.1, -0.05) is 78.9 Å². The Labute approximate surface area is 171 Å². The molecule has 4 nitrogen and oxygen atoms in total. The first kappa shape index (κ1) is 19.3. The van der Waals surface area contributed by atoms with E-state index in [1.54, 1.807) is 22.6 Å². The fourth-order valence-corrected chi connectivity index (χ4v) is 4.99. The van der Waals surface area contributed by atoms with Gasteiger partial charge in [-0.2, -0.15) is 4.31 Å². The predicted molar refractivity (Wildman–Crippen MR) is 116 cm³/mol. The molecule has 0 aliphatic heterocycles. The Morgan fingerprint density at radius 3 is 2.10 bits per heavy atom. The molecule has 29 heavy (non-hydrogen) atoms. The number of sulfonamides is 1. The van der Waals surface area contributed by atoms with Crippen molar-refractivity contribution in [3.8, 4) is 0 Å². The van der Waals surface area contributed by atoms with Crippen molar-refractivity contribution in [2.45, 2.75) is 17.9 Å². The van der Waals surface area contributed by atoms with Gasteiger partial charge in [0.2, 0.25) is 10.0 Å². The Morgan fingerprint density at radius 1 is 0.724 bits per heavy atom. The van der Waals surface area contributed by atoms with Gasteiger partial charge in [0, 0.05) is 24.7 Å².